The van der Waals surface area contributed by atoms with E-state index in [0.29, 0.717) is 18.8 Å². The third kappa shape index (κ3) is 6.04. The molecule has 5 rings (SSSR count). The van der Waals surface area contributed by atoms with Gasteiger partial charge < -0.3 is 47.7 Å². The minimum atomic E-state index is -2.02. The second-order valence-electron chi connectivity index (χ2n) is 14.4. The van der Waals surface area contributed by atoms with Gasteiger partial charge in [-0.15, -0.1) is 0 Å². The van der Waals surface area contributed by atoms with Crippen molar-refractivity contribution >= 4 is 11.9 Å². The van der Waals surface area contributed by atoms with Crippen LogP contribution in [0, 0.1) is 17.3 Å². The van der Waals surface area contributed by atoms with Crippen LogP contribution in [0.4, 0.5) is 0 Å². The Morgan fingerprint density at radius 2 is 1.41 bits per heavy atom. The Labute approximate surface area is 302 Å². The first-order valence-electron chi connectivity index (χ1n) is 18.7. The van der Waals surface area contributed by atoms with E-state index < -0.39 is 88.5 Å². The topological polar surface area (TPSA) is 150 Å². The van der Waals surface area contributed by atoms with E-state index in [2.05, 4.69) is 4.98 Å². The van der Waals surface area contributed by atoms with Crippen molar-refractivity contribution in [2.24, 2.45) is 17.3 Å². The monoisotopic (exact) mass is 721 g/mol. The average Bonchev–Trinajstić information content (AvgIpc) is 3.33. The molecular formula is C38H59NO12. The molecule has 1 aromatic rings. The van der Waals surface area contributed by atoms with Crippen molar-refractivity contribution in [2.75, 3.05) is 52.9 Å². The highest BCUT2D eigenvalue weighted by Crippen LogP contribution is 2.70. The zero-order valence-corrected chi connectivity index (χ0v) is 32.0. The van der Waals surface area contributed by atoms with Gasteiger partial charge in [-0.05, 0) is 72.9 Å². The van der Waals surface area contributed by atoms with E-state index in [-0.39, 0.29) is 45.2 Å². The largest absolute Gasteiger partial charge is 0.459 e. The van der Waals surface area contributed by atoms with Crippen LogP contribution in [0.5, 0.6) is 0 Å². The third-order valence-electron chi connectivity index (χ3n) is 11.8. The van der Waals surface area contributed by atoms with Crippen LogP contribution < -0.4 is 0 Å². The summed E-state index contributed by atoms with van der Waals surface area (Å²) >= 11 is 0. The van der Waals surface area contributed by atoms with Crippen molar-refractivity contribution in [3.05, 3.63) is 29.6 Å². The van der Waals surface area contributed by atoms with Gasteiger partial charge in [0.1, 0.15) is 35.6 Å². The van der Waals surface area contributed by atoms with E-state index in [9.17, 15) is 14.7 Å². The molecule has 2 aliphatic heterocycles. The van der Waals surface area contributed by atoms with E-state index in [1.54, 1.807) is 26.1 Å². The van der Waals surface area contributed by atoms with Gasteiger partial charge in [0.05, 0.1) is 41.8 Å². The second kappa shape index (κ2) is 15.6. The van der Waals surface area contributed by atoms with Gasteiger partial charge in [-0.2, -0.15) is 0 Å². The summed E-state index contributed by atoms with van der Waals surface area (Å²) in [5.74, 6) is -3.10. The molecule has 288 valence electrons. The Hall–Kier alpha value is -2.23. The first-order chi connectivity index (χ1) is 24.3. The molecule has 0 aromatic carbocycles. The highest BCUT2D eigenvalue weighted by Gasteiger charge is 2.89. The Morgan fingerprint density at radius 1 is 0.824 bits per heavy atom. The lowest BCUT2D eigenvalue weighted by atomic mass is 9.45. The SMILES string of the molecule is CCOC[C@]12[C@H](OCC)[C@H](OCC)[C@H]3OC(=O)C(C)C(C)c4ccncc4C(=O)OC[C@@]4(C)O[C@]1([C@@H](OCC)C4[C@H](OCC)[C@@H]2OCC)[C@]3(C)O. The van der Waals surface area contributed by atoms with Crippen molar-refractivity contribution in [3.63, 3.8) is 0 Å². The summed E-state index contributed by atoms with van der Waals surface area (Å²) in [5.41, 5.74) is -5.65. The van der Waals surface area contributed by atoms with Crippen molar-refractivity contribution in [1.82, 2.24) is 4.98 Å². The van der Waals surface area contributed by atoms with Gasteiger partial charge in [0.2, 0.25) is 0 Å². The number of carbonyl (C=O) groups excluding carboxylic acids is 2. The maximum Gasteiger partial charge on any atom is 0.340 e. The maximum atomic E-state index is 14.4. The van der Waals surface area contributed by atoms with E-state index in [1.165, 1.54) is 6.20 Å². The Morgan fingerprint density at radius 3 is 2.02 bits per heavy atom. The third-order valence-corrected chi connectivity index (χ3v) is 11.8. The molecule has 2 saturated carbocycles. The summed E-state index contributed by atoms with van der Waals surface area (Å²) in [4.78, 5) is 32.6. The minimum Gasteiger partial charge on any atom is -0.459 e. The lowest BCUT2D eigenvalue weighted by Crippen LogP contribution is -2.89. The lowest BCUT2D eigenvalue weighted by Gasteiger charge is -2.69. The number of fused-ring (bicyclic) bond motifs is 5. The van der Waals surface area contributed by atoms with Crippen molar-refractivity contribution in [2.45, 2.75) is 129 Å². The van der Waals surface area contributed by atoms with E-state index in [4.69, 9.17) is 42.6 Å². The Bertz CT molecular complexity index is 1380. The molecule has 13 atom stereocenters. The number of nitrogens with zero attached hydrogens (tertiary/aromatic N) is 1. The molecule has 13 nitrogen and oxygen atoms in total. The fraction of sp³-hybridized carbons (Fsp3) is 0.816. The molecule has 0 amide bonds. The molecule has 51 heavy (non-hydrogen) atoms. The fourth-order valence-corrected chi connectivity index (χ4v) is 9.67. The number of pyridine rings is 1. The molecule has 1 N–H and O–H groups in total. The molecular weight excluding hydrogens is 662 g/mol. The van der Waals surface area contributed by atoms with Crippen molar-refractivity contribution in [1.29, 1.82) is 0 Å². The van der Waals surface area contributed by atoms with Crippen molar-refractivity contribution < 1.29 is 57.3 Å². The Kier molecular flexibility index (Phi) is 12.2. The predicted octanol–water partition coefficient (Wildman–Crippen LogP) is 3.87. The number of aromatic nitrogens is 1. The number of cyclic esters (lactones) is 1. The van der Waals surface area contributed by atoms with Crippen LogP contribution in [0.25, 0.3) is 0 Å². The highest BCUT2D eigenvalue weighted by atomic mass is 16.7. The molecule has 3 fully saturated rings. The molecule has 1 saturated heterocycles. The van der Waals surface area contributed by atoms with Gasteiger partial charge in [0.25, 0.3) is 0 Å². The van der Waals surface area contributed by atoms with Crippen LogP contribution in [-0.4, -0.2) is 128 Å². The van der Waals surface area contributed by atoms with Gasteiger partial charge in [-0.3, -0.25) is 9.78 Å². The lowest BCUT2D eigenvalue weighted by molar-refractivity contribution is -0.401. The molecule has 2 aliphatic carbocycles. The average molecular weight is 722 g/mol. The van der Waals surface area contributed by atoms with Crippen LogP contribution in [0.1, 0.15) is 91.1 Å². The van der Waals surface area contributed by atoms with E-state index in [0.717, 1.165) is 0 Å². The van der Waals surface area contributed by atoms with E-state index in [1.807, 2.05) is 55.4 Å². The normalized spacial score (nSPS) is 42.2. The highest BCUT2D eigenvalue weighted by molar-refractivity contribution is 5.91. The first kappa shape index (κ1) is 40.0. The molecule has 0 radical (unpaired) electrons. The maximum absolute atomic E-state index is 14.4. The standard InChI is InChI=1S/C38H59NO12/c1-11-43-21-37-31(47-15-5)27(44-12-2)26-29(46-14-4)38(37)36(10,42)30(28(45-13-3)32(37)48-16-6)50-33(40)23(8)22(7)24-17-18-39-19-25(24)34(41)49-20-35(26,9)51-38/h17-19,22-23,26-32,42H,11-16,20-21H2,1-10H3/t22?,23?,26?,27-,28+,29-,30+,31-,32+,35+,36+,37-,38+/m0/s1. The van der Waals surface area contributed by atoms with Gasteiger partial charge in [-0.25, -0.2) is 4.79 Å². The molecule has 4 aliphatic rings. The number of hydrogen-bond donors (Lipinski definition) is 1. The quantitative estimate of drug-likeness (QED) is 0.294. The summed E-state index contributed by atoms with van der Waals surface area (Å²) in [6.07, 6.45) is -2.62. The Balaban J connectivity index is 1.91. The van der Waals surface area contributed by atoms with Crippen LogP contribution in [-0.2, 0) is 47.4 Å². The summed E-state index contributed by atoms with van der Waals surface area (Å²) in [5, 5.41) is 13.5. The molecule has 4 bridgehead atoms. The number of esters is 2. The molecule has 1 aromatic heterocycles. The van der Waals surface area contributed by atoms with Crippen LogP contribution in [0.15, 0.2) is 18.5 Å². The van der Waals surface area contributed by atoms with Crippen molar-refractivity contribution in [3.8, 4) is 0 Å². The minimum absolute atomic E-state index is 0.0125. The number of carbonyl (C=O) groups is 2. The van der Waals surface area contributed by atoms with Gasteiger partial charge >= 0.3 is 11.9 Å². The van der Waals surface area contributed by atoms with Crippen LogP contribution >= 0.6 is 0 Å². The van der Waals surface area contributed by atoms with Crippen LogP contribution in [0.3, 0.4) is 0 Å². The summed E-state index contributed by atoms with van der Waals surface area (Å²) in [7, 11) is 0. The second-order valence-corrected chi connectivity index (χ2v) is 14.4. The zero-order valence-electron chi connectivity index (χ0n) is 32.0. The van der Waals surface area contributed by atoms with Gasteiger partial charge in [0, 0.05) is 58.0 Å². The molecule has 3 heterocycles. The number of aliphatic hydroxyl groups is 1. The summed E-state index contributed by atoms with van der Waals surface area (Å²) in [6.45, 7) is 19.7. The summed E-state index contributed by atoms with van der Waals surface area (Å²) < 4.78 is 60.0. The number of hydrogen-bond acceptors (Lipinski definition) is 13. The summed E-state index contributed by atoms with van der Waals surface area (Å²) in [6, 6.07) is 1.71. The number of ether oxygens (including phenoxy) is 9. The first-order valence-corrected chi connectivity index (χ1v) is 18.7. The number of rotatable bonds is 13. The molecule has 3 unspecified atom stereocenters. The fourth-order valence-electron chi connectivity index (χ4n) is 9.67. The van der Waals surface area contributed by atoms with E-state index >= 15 is 0 Å². The van der Waals surface area contributed by atoms with Gasteiger partial charge in [0.15, 0.2) is 6.10 Å². The predicted molar refractivity (Wildman–Crippen MR) is 184 cm³/mol. The smallest absolute Gasteiger partial charge is 0.340 e. The molecule has 1 spiro atoms. The van der Waals surface area contributed by atoms with Gasteiger partial charge in [-0.1, -0.05) is 13.8 Å². The zero-order chi connectivity index (χ0) is 37.4. The van der Waals surface area contributed by atoms with Crippen LogP contribution in [0.2, 0.25) is 0 Å². The molecule has 13 heteroatoms.